The van der Waals surface area contributed by atoms with Gasteiger partial charge in [0.05, 0.1) is 2.74 Å². The van der Waals surface area contributed by atoms with Crippen LogP contribution in [0.1, 0.15) is 2.74 Å². The third kappa shape index (κ3) is 3.17. The Morgan fingerprint density at radius 3 is 1.32 bits per heavy atom. The molecule has 0 aliphatic rings. The summed E-state index contributed by atoms with van der Waals surface area (Å²) in [6.45, 7) is 0. The lowest BCUT2D eigenvalue weighted by Crippen LogP contribution is -1.94. The van der Waals surface area contributed by atoms with E-state index in [1.165, 1.54) is 0 Å². The number of hydrogen-bond acceptors (Lipinski definition) is 2. The highest BCUT2D eigenvalue weighted by atomic mass is 14.9. The zero-order valence-corrected chi connectivity index (χ0v) is 15.2. The molecular weight excluding hydrogens is 340 g/mol. The maximum absolute atomic E-state index is 8.30. The fraction of sp³-hybridized carbons (Fsp3) is 0. The van der Waals surface area contributed by atoms with E-state index >= 15 is 0 Å². The van der Waals surface area contributed by atoms with Crippen LogP contribution in [0, 0.1) is 0 Å². The zero-order valence-electron chi connectivity index (χ0n) is 17.2. The minimum absolute atomic E-state index is 0.463. The molecule has 0 aliphatic carbocycles. The Morgan fingerprint density at radius 1 is 0.464 bits per heavy atom. The van der Waals surface area contributed by atoms with Crippen molar-refractivity contribution in [3.05, 3.63) is 109 Å². The molecular formula is C26H20N2. The number of nitrogens with one attached hydrogen (secondary N) is 2. The largest absolute Gasteiger partial charge is 0.355 e. The summed E-state index contributed by atoms with van der Waals surface area (Å²) >= 11 is 0. The molecule has 28 heavy (non-hydrogen) atoms. The van der Waals surface area contributed by atoms with Crippen LogP contribution in [-0.4, -0.2) is 0 Å². The molecule has 0 aromatic heterocycles. The number of rotatable bonds is 4. The van der Waals surface area contributed by atoms with Crippen molar-refractivity contribution in [2.75, 3.05) is 10.6 Å². The van der Waals surface area contributed by atoms with Gasteiger partial charge in [-0.1, -0.05) is 72.8 Å². The summed E-state index contributed by atoms with van der Waals surface area (Å²) in [5.41, 5.74) is 3.43. The first-order valence-corrected chi connectivity index (χ1v) is 9.30. The summed E-state index contributed by atoms with van der Waals surface area (Å²) in [5.74, 6) is 0. The molecule has 0 spiro atoms. The standard InChI is InChI=1S/C26H20N2/c1-3-11-23-19(7-1)9-5-13-25(23)27-21-15-17-22(18-16-21)28-26-14-6-10-20-8-2-4-12-24(20)26/h1-18,27-28H/i13D,14D. The molecule has 0 bridgehead atoms. The molecule has 2 nitrogen and oxygen atoms in total. The first-order valence-electron chi connectivity index (χ1n) is 10.3. The fourth-order valence-electron chi connectivity index (χ4n) is 3.46. The predicted octanol–water partition coefficient (Wildman–Crippen LogP) is 7.48. The van der Waals surface area contributed by atoms with Crippen molar-refractivity contribution in [1.82, 2.24) is 0 Å². The van der Waals surface area contributed by atoms with E-state index in [-0.39, 0.29) is 0 Å². The van der Waals surface area contributed by atoms with Crippen molar-refractivity contribution in [2.24, 2.45) is 0 Å². The van der Waals surface area contributed by atoms with E-state index in [4.69, 9.17) is 2.74 Å². The quantitative estimate of drug-likeness (QED) is 0.346. The maximum atomic E-state index is 8.30. The average molecular weight is 362 g/mol. The molecule has 0 unspecified atom stereocenters. The fourth-order valence-corrected chi connectivity index (χ4v) is 3.46. The lowest BCUT2D eigenvalue weighted by Gasteiger charge is -2.12. The second-order valence-electron chi connectivity index (χ2n) is 6.71. The predicted molar refractivity (Wildman–Crippen MR) is 121 cm³/mol. The molecule has 134 valence electrons. The van der Waals surface area contributed by atoms with E-state index < -0.39 is 0 Å². The van der Waals surface area contributed by atoms with Crippen LogP contribution >= 0.6 is 0 Å². The van der Waals surface area contributed by atoms with E-state index in [9.17, 15) is 0 Å². The molecule has 0 saturated carbocycles. The second-order valence-corrected chi connectivity index (χ2v) is 6.71. The van der Waals surface area contributed by atoms with Gasteiger partial charge in [-0.3, -0.25) is 0 Å². The molecule has 5 aromatic rings. The summed E-state index contributed by atoms with van der Waals surface area (Å²) < 4.78 is 16.6. The molecule has 5 rings (SSSR count). The number of hydrogen-bond donors (Lipinski definition) is 2. The van der Waals surface area contributed by atoms with E-state index in [0.29, 0.717) is 12.1 Å². The summed E-state index contributed by atoms with van der Waals surface area (Å²) in [6.07, 6.45) is 0. The Bertz CT molecular complexity index is 1250. The van der Waals surface area contributed by atoms with Crippen LogP contribution in [0.15, 0.2) is 109 Å². The highest BCUT2D eigenvalue weighted by Gasteiger charge is 2.03. The van der Waals surface area contributed by atoms with Gasteiger partial charge in [-0.25, -0.2) is 0 Å². The minimum Gasteiger partial charge on any atom is -0.355 e. The lowest BCUT2D eigenvalue weighted by molar-refractivity contribution is 1.54. The third-order valence-electron chi connectivity index (χ3n) is 4.86. The topological polar surface area (TPSA) is 24.1 Å². The summed E-state index contributed by atoms with van der Waals surface area (Å²) in [7, 11) is 0. The van der Waals surface area contributed by atoms with Gasteiger partial charge < -0.3 is 10.6 Å². The highest BCUT2D eigenvalue weighted by molar-refractivity contribution is 5.96. The van der Waals surface area contributed by atoms with Crippen molar-refractivity contribution < 1.29 is 2.74 Å². The molecule has 0 radical (unpaired) electrons. The molecule has 0 fully saturated rings. The Labute approximate surface area is 167 Å². The maximum Gasteiger partial charge on any atom is 0.0645 e. The minimum atomic E-state index is 0.463. The van der Waals surface area contributed by atoms with Crippen molar-refractivity contribution in [1.29, 1.82) is 0 Å². The zero-order chi connectivity index (χ0) is 20.5. The molecule has 5 aromatic carbocycles. The van der Waals surface area contributed by atoms with Gasteiger partial charge in [-0.15, -0.1) is 0 Å². The Morgan fingerprint density at radius 2 is 0.857 bits per heavy atom. The molecule has 0 atom stereocenters. The number of fused-ring (bicyclic) bond motifs is 2. The number of anilines is 4. The van der Waals surface area contributed by atoms with Crippen LogP contribution in [0.2, 0.25) is 0 Å². The average Bonchev–Trinajstić information content (AvgIpc) is 2.79. The van der Waals surface area contributed by atoms with Crippen LogP contribution in [0.25, 0.3) is 21.5 Å². The molecule has 0 amide bonds. The van der Waals surface area contributed by atoms with E-state index in [2.05, 4.69) is 22.8 Å². The van der Waals surface area contributed by atoms with Crippen molar-refractivity contribution >= 4 is 44.3 Å². The molecule has 0 heterocycles. The summed E-state index contributed by atoms with van der Waals surface area (Å²) in [5, 5.41) is 11.1. The number of benzene rings is 5. The van der Waals surface area contributed by atoms with Gasteiger partial charge in [-0.2, -0.15) is 0 Å². The van der Waals surface area contributed by atoms with Crippen molar-refractivity contribution in [2.45, 2.75) is 0 Å². The third-order valence-corrected chi connectivity index (χ3v) is 4.86. The lowest BCUT2D eigenvalue weighted by atomic mass is 10.1. The SMILES string of the molecule is [2H]c1ccc2ccccc2c1Nc1ccc(Nc2c([2H])ccc3ccccc23)cc1. The first-order chi connectivity index (χ1) is 14.7. The van der Waals surface area contributed by atoms with Crippen LogP contribution < -0.4 is 10.6 Å². The van der Waals surface area contributed by atoms with E-state index in [1.807, 2.05) is 84.9 Å². The normalized spacial score (nSPS) is 11.9. The molecule has 0 aliphatic heterocycles. The van der Waals surface area contributed by atoms with Gasteiger partial charge in [0, 0.05) is 33.5 Å². The van der Waals surface area contributed by atoms with Crippen molar-refractivity contribution in [3.8, 4) is 0 Å². The van der Waals surface area contributed by atoms with E-state index in [1.54, 1.807) is 0 Å². The van der Waals surface area contributed by atoms with Crippen LogP contribution in [0.3, 0.4) is 0 Å². The van der Waals surface area contributed by atoms with Gasteiger partial charge >= 0.3 is 0 Å². The summed E-state index contributed by atoms with van der Waals surface area (Å²) in [6, 6.07) is 32.6. The van der Waals surface area contributed by atoms with E-state index in [0.717, 1.165) is 44.3 Å². The molecule has 0 saturated heterocycles. The Kier molecular flexibility index (Phi) is 3.62. The first kappa shape index (κ1) is 14.3. The van der Waals surface area contributed by atoms with Crippen LogP contribution in [0.4, 0.5) is 22.7 Å². The highest BCUT2D eigenvalue weighted by Crippen LogP contribution is 2.29. The monoisotopic (exact) mass is 362 g/mol. The molecule has 2 N–H and O–H groups in total. The van der Waals surface area contributed by atoms with Gasteiger partial charge in [-0.05, 0) is 47.1 Å². The second kappa shape index (κ2) is 7.09. The Hall–Kier alpha value is -3.78. The van der Waals surface area contributed by atoms with Crippen LogP contribution in [0.5, 0.6) is 0 Å². The van der Waals surface area contributed by atoms with Gasteiger partial charge in [0.25, 0.3) is 0 Å². The van der Waals surface area contributed by atoms with Crippen molar-refractivity contribution in [3.63, 3.8) is 0 Å². The smallest absolute Gasteiger partial charge is 0.0645 e. The molecule has 2 heteroatoms. The summed E-state index contributed by atoms with van der Waals surface area (Å²) in [4.78, 5) is 0. The van der Waals surface area contributed by atoms with Gasteiger partial charge in [0.1, 0.15) is 0 Å². The van der Waals surface area contributed by atoms with Gasteiger partial charge in [0.2, 0.25) is 0 Å². The van der Waals surface area contributed by atoms with Gasteiger partial charge in [0.15, 0.2) is 0 Å². The Balaban J connectivity index is 1.44. The van der Waals surface area contributed by atoms with Crippen LogP contribution in [-0.2, 0) is 0 Å².